The molecule has 0 spiro atoms. The minimum Gasteiger partial charge on any atom is -0.462 e. The van der Waals surface area contributed by atoms with Crippen LogP contribution in [-0.2, 0) is 37.4 Å². The molecule has 11 nitrogen and oxygen atoms in total. The van der Waals surface area contributed by atoms with Gasteiger partial charge in [0.1, 0.15) is 12.7 Å². The lowest BCUT2D eigenvalue weighted by Gasteiger charge is -2.20. The van der Waals surface area contributed by atoms with Gasteiger partial charge in [0, 0.05) is 12.8 Å². The normalized spacial score (nSPS) is 17.9. The lowest BCUT2D eigenvalue weighted by atomic mass is 10.0. The highest BCUT2D eigenvalue weighted by atomic mass is 31.2. The molecule has 0 aromatic rings. The number of phosphoric ester groups is 1. The third-order valence-electron chi connectivity index (χ3n) is 9.63. The molecule has 326 valence electrons. The Morgan fingerprint density at radius 1 is 0.679 bits per heavy atom. The van der Waals surface area contributed by atoms with Crippen molar-refractivity contribution in [3.8, 4) is 0 Å². The average molecular weight is 815 g/mol. The van der Waals surface area contributed by atoms with Gasteiger partial charge in [-0.05, 0) is 57.3 Å². The van der Waals surface area contributed by atoms with Crippen LogP contribution >= 0.6 is 7.82 Å². The topological polar surface area (TPSA) is 161 Å². The number of allylic oxidation sites excluding steroid dienone is 4. The van der Waals surface area contributed by atoms with Gasteiger partial charge in [-0.1, -0.05) is 147 Å². The number of aliphatic hydroxyl groups excluding tert-OH is 2. The molecule has 0 radical (unpaired) electrons. The summed E-state index contributed by atoms with van der Waals surface area (Å²) < 4.78 is 38.4. The highest BCUT2D eigenvalue weighted by Crippen LogP contribution is 2.43. The minimum absolute atomic E-state index is 0.101. The van der Waals surface area contributed by atoms with Crippen LogP contribution in [0.2, 0.25) is 0 Å². The zero-order valence-electron chi connectivity index (χ0n) is 35.2. The van der Waals surface area contributed by atoms with Crippen LogP contribution in [0.4, 0.5) is 0 Å². The van der Waals surface area contributed by atoms with Gasteiger partial charge >= 0.3 is 19.8 Å². The maximum Gasteiger partial charge on any atom is 0.472 e. The van der Waals surface area contributed by atoms with Gasteiger partial charge in [-0.3, -0.25) is 18.6 Å². The molecule has 1 fully saturated rings. The highest BCUT2D eigenvalue weighted by molar-refractivity contribution is 7.47. The Morgan fingerprint density at radius 3 is 1.84 bits per heavy atom. The number of unbranched alkanes of at least 4 members (excludes halogenated alkanes) is 15. The second-order valence-electron chi connectivity index (χ2n) is 15.6. The summed E-state index contributed by atoms with van der Waals surface area (Å²) in [6.45, 7) is 4.60. The average Bonchev–Trinajstić information content (AvgIpc) is 3.93. The van der Waals surface area contributed by atoms with E-state index in [0.717, 1.165) is 50.9 Å². The number of carbonyl (C=O) groups excluding carboxylic acids is 2. The molecule has 0 aromatic heterocycles. The number of carbonyl (C=O) groups is 2. The van der Waals surface area contributed by atoms with Crippen molar-refractivity contribution in [2.45, 2.75) is 199 Å². The van der Waals surface area contributed by atoms with E-state index in [-0.39, 0.29) is 31.7 Å². The van der Waals surface area contributed by atoms with Crippen molar-refractivity contribution in [1.29, 1.82) is 0 Å². The van der Waals surface area contributed by atoms with Gasteiger partial charge in [-0.25, -0.2) is 4.57 Å². The lowest BCUT2D eigenvalue weighted by Crippen LogP contribution is -2.29. The van der Waals surface area contributed by atoms with Crippen LogP contribution in [0, 0.1) is 5.92 Å². The Hall–Kier alpha value is -1.85. The maximum absolute atomic E-state index is 12.6. The quantitative estimate of drug-likeness (QED) is 0.0178. The Bertz CT molecular complexity index is 1110. The number of hydrogen-bond acceptors (Lipinski definition) is 10. The molecule has 0 aromatic carbocycles. The standard InChI is InChI=1S/C44H79O11P/c1-4-5-6-7-8-13-17-20-25-30-41-42(55-41)31-26-22-23-28-33-44(48)54-40(37-53-56(49,50)52-35-39(46)34-45)36-51-43(47)32-27-21-18-15-12-10-9-11-14-16-19-24-29-38(2)3/h8,13,20,22,25-26,38-42,45-46H,4-7,9-12,14-19,21,23-24,27-37H2,1-3H3,(H,49,50)/b13-8-,25-20-,26-22-/t39-,40+,41?,42?/m0/s1. The second-order valence-corrected chi connectivity index (χ2v) is 17.0. The van der Waals surface area contributed by atoms with Crippen LogP contribution in [0.3, 0.4) is 0 Å². The number of phosphoric acid groups is 1. The largest absolute Gasteiger partial charge is 0.472 e. The summed E-state index contributed by atoms with van der Waals surface area (Å²) >= 11 is 0. The number of epoxide rings is 1. The van der Waals surface area contributed by atoms with Gasteiger partial charge in [-0.15, -0.1) is 0 Å². The summed E-state index contributed by atoms with van der Waals surface area (Å²) in [5, 5.41) is 18.3. The first-order chi connectivity index (χ1) is 27.1. The predicted octanol–water partition coefficient (Wildman–Crippen LogP) is 10.4. The molecular formula is C44H79O11P. The van der Waals surface area contributed by atoms with E-state index in [4.69, 9.17) is 23.8 Å². The fourth-order valence-corrected chi connectivity index (χ4v) is 6.88. The molecule has 3 N–H and O–H groups in total. The predicted molar refractivity (Wildman–Crippen MR) is 223 cm³/mol. The Balaban J connectivity index is 2.30. The molecule has 0 bridgehead atoms. The molecule has 3 unspecified atom stereocenters. The van der Waals surface area contributed by atoms with E-state index in [1.165, 1.54) is 77.0 Å². The van der Waals surface area contributed by atoms with Crippen molar-refractivity contribution in [3.63, 3.8) is 0 Å². The summed E-state index contributed by atoms with van der Waals surface area (Å²) in [5.41, 5.74) is 0. The van der Waals surface area contributed by atoms with Gasteiger partial charge in [0.15, 0.2) is 6.10 Å². The molecule has 56 heavy (non-hydrogen) atoms. The van der Waals surface area contributed by atoms with E-state index in [9.17, 15) is 24.2 Å². The molecular weight excluding hydrogens is 735 g/mol. The third kappa shape index (κ3) is 33.2. The van der Waals surface area contributed by atoms with E-state index >= 15 is 0 Å². The summed E-state index contributed by atoms with van der Waals surface area (Å²) in [6.07, 6.45) is 35.7. The van der Waals surface area contributed by atoms with Crippen molar-refractivity contribution in [1.82, 2.24) is 0 Å². The second kappa shape index (κ2) is 35.1. The number of esters is 2. The van der Waals surface area contributed by atoms with Crippen molar-refractivity contribution in [2.24, 2.45) is 5.92 Å². The van der Waals surface area contributed by atoms with E-state index < -0.39 is 51.8 Å². The third-order valence-corrected chi connectivity index (χ3v) is 10.6. The van der Waals surface area contributed by atoms with Crippen LogP contribution in [0.1, 0.15) is 175 Å². The van der Waals surface area contributed by atoms with E-state index in [2.05, 4.69) is 55.7 Å². The molecule has 1 aliphatic rings. The number of rotatable bonds is 39. The fourth-order valence-electron chi connectivity index (χ4n) is 6.09. The summed E-state index contributed by atoms with van der Waals surface area (Å²) in [7, 11) is -4.64. The molecule has 0 saturated carbocycles. The first-order valence-electron chi connectivity index (χ1n) is 21.9. The maximum atomic E-state index is 12.6. The first-order valence-corrected chi connectivity index (χ1v) is 23.4. The fraction of sp³-hybridized carbons (Fsp3) is 0.818. The molecule has 12 heteroatoms. The Kier molecular flexibility index (Phi) is 32.7. The number of hydrogen-bond donors (Lipinski definition) is 3. The zero-order chi connectivity index (χ0) is 41.1. The lowest BCUT2D eigenvalue weighted by molar-refractivity contribution is -0.161. The SMILES string of the molecule is CCCCC/C=C\C/C=C\CC1OC1C/C=C\CCCC(=O)O[C@H](COC(=O)CCCCCCCCCCCCCCC(C)C)COP(=O)(O)OC[C@@H](O)CO. The molecule has 1 aliphatic heterocycles. The summed E-state index contributed by atoms with van der Waals surface area (Å²) in [6, 6.07) is 0. The van der Waals surface area contributed by atoms with E-state index in [1.54, 1.807) is 0 Å². The van der Waals surface area contributed by atoms with Crippen molar-refractivity contribution >= 4 is 19.8 Å². The first kappa shape index (κ1) is 52.2. The number of ether oxygens (including phenoxy) is 3. The summed E-state index contributed by atoms with van der Waals surface area (Å²) in [5.74, 6) is -0.191. The summed E-state index contributed by atoms with van der Waals surface area (Å²) in [4.78, 5) is 35.0. The Labute approximate surface area is 339 Å². The molecule has 0 amide bonds. The van der Waals surface area contributed by atoms with Crippen LogP contribution < -0.4 is 0 Å². The van der Waals surface area contributed by atoms with Crippen LogP contribution in [0.15, 0.2) is 36.5 Å². The minimum atomic E-state index is -4.64. The van der Waals surface area contributed by atoms with Gasteiger partial charge in [0.25, 0.3) is 0 Å². The van der Waals surface area contributed by atoms with Crippen molar-refractivity contribution in [3.05, 3.63) is 36.5 Å². The molecule has 0 aliphatic carbocycles. The van der Waals surface area contributed by atoms with Crippen LogP contribution in [0.5, 0.6) is 0 Å². The van der Waals surface area contributed by atoms with Gasteiger partial charge < -0.3 is 29.3 Å². The zero-order valence-corrected chi connectivity index (χ0v) is 36.1. The molecule has 1 saturated heterocycles. The van der Waals surface area contributed by atoms with E-state index in [0.29, 0.717) is 19.3 Å². The van der Waals surface area contributed by atoms with Gasteiger partial charge in [0.05, 0.1) is 32.0 Å². The smallest absolute Gasteiger partial charge is 0.462 e. The van der Waals surface area contributed by atoms with Gasteiger partial charge in [0.2, 0.25) is 0 Å². The molecule has 1 heterocycles. The van der Waals surface area contributed by atoms with Crippen molar-refractivity contribution in [2.75, 3.05) is 26.4 Å². The number of aliphatic hydroxyl groups is 2. The van der Waals surface area contributed by atoms with Crippen LogP contribution in [0.25, 0.3) is 0 Å². The van der Waals surface area contributed by atoms with Gasteiger partial charge in [-0.2, -0.15) is 0 Å². The monoisotopic (exact) mass is 815 g/mol. The van der Waals surface area contributed by atoms with Crippen molar-refractivity contribution < 1.29 is 52.5 Å². The molecule has 5 atom stereocenters. The Morgan fingerprint density at radius 2 is 1.21 bits per heavy atom. The molecule has 1 rings (SSSR count). The highest BCUT2D eigenvalue weighted by Gasteiger charge is 2.36. The van der Waals surface area contributed by atoms with E-state index in [1.807, 2.05) is 6.08 Å². The van der Waals surface area contributed by atoms with Crippen LogP contribution in [-0.4, -0.2) is 77.9 Å².